The highest BCUT2D eigenvalue weighted by molar-refractivity contribution is 5.87. The van der Waals surface area contributed by atoms with Crippen molar-refractivity contribution in [2.45, 2.75) is 13.0 Å². The summed E-state index contributed by atoms with van der Waals surface area (Å²) in [5, 5.41) is 2.35. The SMILES string of the molecule is O=C1Nc2ccc(OC(F)(F)F)cc2CO1. The van der Waals surface area contributed by atoms with Crippen LogP contribution in [0.15, 0.2) is 18.2 Å². The van der Waals surface area contributed by atoms with Crippen LogP contribution in [0.25, 0.3) is 0 Å². The maximum Gasteiger partial charge on any atom is 0.573 e. The van der Waals surface area contributed by atoms with Gasteiger partial charge >= 0.3 is 12.5 Å². The minimum absolute atomic E-state index is 0.0732. The highest BCUT2D eigenvalue weighted by Gasteiger charge is 2.31. The van der Waals surface area contributed by atoms with Gasteiger partial charge < -0.3 is 9.47 Å². The molecule has 1 aliphatic rings. The maximum atomic E-state index is 11.9. The molecule has 1 aromatic rings. The Hall–Kier alpha value is -1.92. The molecule has 0 bridgehead atoms. The molecule has 1 N–H and O–H groups in total. The van der Waals surface area contributed by atoms with Gasteiger partial charge in [0.25, 0.3) is 0 Å². The lowest BCUT2D eigenvalue weighted by atomic mass is 10.1. The zero-order valence-electron chi connectivity index (χ0n) is 7.80. The number of fused-ring (bicyclic) bond motifs is 1. The first-order valence-electron chi connectivity index (χ1n) is 4.26. The van der Waals surface area contributed by atoms with Crippen molar-refractivity contribution < 1.29 is 27.4 Å². The Balaban J connectivity index is 2.23. The van der Waals surface area contributed by atoms with Gasteiger partial charge in [0.1, 0.15) is 12.4 Å². The molecule has 0 unspecified atom stereocenters. The lowest BCUT2D eigenvalue weighted by molar-refractivity contribution is -0.274. The Morgan fingerprint density at radius 2 is 2.12 bits per heavy atom. The average molecular weight is 233 g/mol. The first kappa shape index (κ1) is 10.6. The van der Waals surface area contributed by atoms with E-state index in [1.807, 2.05) is 0 Å². The number of hydrogen-bond acceptors (Lipinski definition) is 3. The average Bonchev–Trinajstić information content (AvgIpc) is 2.16. The van der Waals surface area contributed by atoms with E-state index in [4.69, 9.17) is 0 Å². The number of carbonyl (C=O) groups is 1. The summed E-state index contributed by atoms with van der Waals surface area (Å²) >= 11 is 0. The van der Waals surface area contributed by atoms with Gasteiger partial charge in [0.05, 0.1) is 5.69 Å². The summed E-state index contributed by atoms with van der Waals surface area (Å²) in [6, 6.07) is 3.62. The molecule has 0 aromatic heterocycles. The number of rotatable bonds is 1. The third-order valence-electron chi connectivity index (χ3n) is 1.91. The van der Waals surface area contributed by atoms with Crippen molar-refractivity contribution in [2.75, 3.05) is 5.32 Å². The van der Waals surface area contributed by atoms with E-state index in [2.05, 4.69) is 14.8 Å². The maximum absolute atomic E-state index is 11.9. The highest BCUT2D eigenvalue weighted by Crippen LogP contribution is 2.29. The molecule has 0 saturated heterocycles. The zero-order valence-corrected chi connectivity index (χ0v) is 7.80. The fourth-order valence-corrected chi connectivity index (χ4v) is 1.30. The van der Waals surface area contributed by atoms with Crippen molar-refractivity contribution in [1.29, 1.82) is 0 Å². The Bertz CT molecular complexity index is 430. The van der Waals surface area contributed by atoms with E-state index >= 15 is 0 Å². The smallest absolute Gasteiger partial charge is 0.444 e. The standard InChI is InChI=1S/C9H6F3NO3/c10-9(11,12)16-6-1-2-7-5(3-6)4-15-8(14)13-7/h1-3H,4H2,(H,13,14). The second kappa shape index (κ2) is 3.58. The van der Waals surface area contributed by atoms with Crippen molar-refractivity contribution in [1.82, 2.24) is 0 Å². The number of cyclic esters (lactones) is 1. The number of carbonyl (C=O) groups excluding carboxylic acids is 1. The lowest BCUT2D eigenvalue weighted by Crippen LogP contribution is -2.21. The second-order valence-electron chi connectivity index (χ2n) is 3.07. The van der Waals surface area contributed by atoms with Crippen molar-refractivity contribution in [3.8, 4) is 5.75 Å². The van der Waals surface area contributed by atoms with Gasteiger partial charge in [0.15, 0.2) is 0 Å². The van der Waals surface area contributed by atoms with Gasteiger partial charge in [-0.3, -0.25) is 5.32 Å². The molecule has 1 aliphatic heterocycles. The fraction of sp³-hybridized carbons (Fsp3) is 0.222. The molecule has 16 heavy (non-hydrogen) atoms. The number of benzene rings is 1. The number of alkyl halides is 3. The molecule has 0 radical (unpaired) electrons. The minimum atomic E-state index is -4.73. The quantitative estimate of drug-likeness (QED) is 0.811. The Labute approximate surface area is 88.0 Å². The van der Waals surface area contributed by atoms with Crippen LogP contribution in [0.1, 0.15) is 5.56 Å². The molecule has 0 saturated carbocycles. The number of hydrogen-bond donors (Lipinski definition) is 1. The lowest BCUT2D eigenvalue weighted by Gasteiger charge is -2.18. The van der Waals surface area contributed by atoms with E-state index in [0.717, 1.165) is 6.07 Å². The molecule has 2 rings (SSSR count). The normalized spacial score (nSPS) is 14.8. The van der Waals surface area contributed by atoms with Crippen LogP contribution in [-0.2, 0) is 11.3 Å². The monoisotopic (exact) mass is 233 g/mol. The Kier molecular flexibility index (Phi) is 2.37. The topological polar surface area (TPSA) is 47.6 Å². The predicted octanol–water partition coefficient (Wildman–Crippen LogP) is 2.65. The van der Waals surface area contributed by atoms with Crippen LogP contribution in [-0.4, -0.2) is 12.5 Å². The molecule has 0 atom stereocenters. The Morgan fingerprint density at radius 3 is 2.81 bits per heavy atom. The largest absolute Gasteiger partial charge is 0.573 e. The van der Waals surface area contributed by atoms with Crippen LogP contribution >= 0.6 is 0 Å². The molecule has 4 nitrogen and oxygen atoms in total. The Morgan fingerprint density at radius 1 is 1.38 bits per heavy atom. The molecular formula is C9H6F3NO3. The molecule has 0 spiro atoms. The fourth-order valence-electron chi connectivity index (χ4n) is 1.30. The zero-order chi connectivity index (χ0) is 11.8. The van der Waals surface area contributed by atoms with Crippen molar-refractivity contribution in [3.05, 3.63) is 23.8 Å². The summed E-state index contributed by atoms with van der Waals surface area (Å²) in [6.07, 6.45) is -5.36. The van der Waals surface area contributed by atoms with Gasteiger partial charge in [-0.1, -0.05) is 0 Å². The summed E-state index contributed by atoms with van der Waals surface area (Å²) in [4.78, 5) is 10.8. The first-order valence-corrected chi connectivity index (χ1v) is 4.26. The second-order valence-corrected chi connectivity index (χ2v) is 3.07. The summed E-state index contributed by atoms with van der Waals surface area (Å²) in [5.74, 6) is -0.342. The number of anilines is 1. The molecule has 7 heteroatoms. The molecule has 1 amide bonds. The van der Waals surface area contributed by atoms with Gasteiger partial charge in [-0.05, 0) is 18.2 Å². The van der Waals surface area contributed by atoms with Crippen molar-refractivity contribution >= 4 is 11.8 Å². The number of ether oxygens (including phenoxy) is 2. The molecule has 86 valence electrons. The van der Waals surface area contributed by atoms with E-state index in [1.54, 1.807) is 0 Å². The van der Waals surface area contributed by atoms with Gasteiger partial charge in [-0.25, -0.2) is 4.79 Å². The van der Waals surface area contributed by atoms with Crippen LogP contribution < -0.4 is 10.1 Å². The van der Waals surface area contributed by atoms with Gasteiger partial charge in [-0.2, -0.15) is 0 Å². The molecule has 0 fully saturated rings. The van der Waals surface area contributed by atoms with Gasteiger partial charge in [0.2, 0.25) is 0 Å². The van der Waals surface area contributed by atoms with Crippen molar-refractivity contribution in [3.63, 3.8) is 0 Å². The van der Waals surface area contributed by atoms with Crippen LogP contribution in [0, 0.1) is 0 Å². The molecule has 1 aromatic carbocycles. The van der Waals surface area contributed by atoms with E-state index in [0.29, 0.717) is 11.3 Å². The van der Waals surface area contributed by atoms with E-state index < -0.39 is 12.5 Å². The molecule has 0 aliphatic carbocycles. The molecule has 1 heterocycles. The van der Waals surface area contributed by atoms with Crippen LogP contribution in [0.4, 0.5) is 23.7 Å². The molecular weight excluding hydrogens is 227 g/mol. The third kappa shape index (κ3) is 2.36. The summed E-state index contributed by atoms with van der Waals surface area (Å²) in [6.45, 7) is -0.0732. The predicted molar refractivity (Wildman–Crippen MR) is 46.9 cm³/mol. The number of nitrogens with one attached hydrogen (secondary N) is 1. The van der Waals surface area contributed by atoms with Crippen LogP contribution in [0.2, 0.25) is 0 Å². The third-order valence-corrected chi connectivity index (χ3v) is 1.91. The number of halogens is 3. The summed E-state index contributed by atoms with van der Waals surface area (Å²) in [5.41, 5.74) is 0.854. The summed E-state index contributed by atoms with van der Waals surface area (Å²) in [7, 11) is 0. The van der Waals surface area contributed by atoms with E-state index in [9.17, 15) is 18.0 Å². The first-order chi connectivity index (χ1) is 7.44. The number of amides is 1. The van der Waals surface area contributed by atoms with E-state index in [-0.39, 0.29) is 12.4 Å². The van der Waals surface area contributed by atoms with Gasteiger partial charge in [-0.15, -0.1) is 13.2 Å². The van der Waals surface area contributed by atoms with Crippen LogP contribution in [0.3, 0.4) is 0 Å². The minimum Gasteiger partial charge on any atom is -0.444 e. The van der Waals surface area contributed by atoms with Gasteiger partial charge in [0, 0.05) is 5.56 Å². The summed E-state index contributed by atoms with van der Waals surface area (Å²) < 4.78 is 44.1. The highest BCUT2D eigenvalue weighted by atomic mass is 19.4. The van der Waals surface area contributed by atoms with Crippen molar-refractivity contribution in [2.24, 2.45) is 0 Å². The van der Waals surface area contributed by atoms with E-state index in [1.165, 1.54) is 12.1 Å². The van der Waals surface area contributed by atoms with Crippen LogP contribution in [0.5, 0.6) is 5.75 Å².